The van der Waals surface area contributed by atoms with Crippen LogP contribution in [-0.2, 0) is 40.0 Å². The number of hydrogen-bond acceptors (Lipinski definition) is 8. The lowest BCUT2D eigenvalue weighted by molar-refractivity contribution is -0.138. The van der Waals surface area contributed by atoms with Crippen molar-refractivity contribution in [2.24, 2.45) is 5.92 Å². The average molecular weight is 565 g/mol. The van der Waals surface area contributed by atoms with Crippen LogP contribution in [0, 0.1) is 5.92 Å². The zero-order valence-electron chi connectivity index (χ0n) is 22.5. The van der Waals surface area contributed by atoms with E-state index in [1.807, 2.05) is 0 Å². The number of carboxylic acids is 2. The number of phenols is 1. The molecule has 0 bridgehead atoms. The number of benzene rings is 1. The first-order valence-corrected chi connectivity index (χ1v) is 12.6. The van der Waals surface area contributed by atoms with Crippen LogP contribution < -0.4 is 21.3 Å². The molecule has 14 nitrogen and oxygen atoms in total. The molecule has 7 N–H and O–H groups in total. The summed E-state index contributed by atoms with van der Waals surface area (Å²) in [7, 11) is 0. The van der Waals surface area contributed by atoms with E-state index in [9.17, 15) is 38.7 Å². The summed E-state index contributed by atoms with van der Waals surface area (Å²) in [5.74, 6) is -5.85. The van der Waals surface area contributed by atoms with Crippen LogP contribution in [0.1, 0.15) is 52.0 Å². The number of carbonyl (C=O) groups is 7. The molecular weight excluding hydrogens is 528 g/mol. The van der Waals surface area contributed by atoms with Crippen LogP contribution in [0.5, 0.6) is 5.75 Å². The lowest BCUT2D eigenvalue weighted by Crippen LogP contribution is -2.58. The van der Waals surface area contributed by atoms with E-state index in [-0.39, 0.29) is 31.4 Å². The SMILES string of the molecule is CC(=O)N[C@@H](Cc1ccc(O)cc1)C(=O)N[C@@H](CCC(=O)O)C(=O)N[C@H](C(=O)N[C@H](C=O)CCC(=O)O)C(C)C. The summed E-state index contributed by atoms with van der Waals surface area (Å²) in [5.41, 5.74) is 0.586. The van der Waals surface area contributed by atoms with Gasteiger partial charge < -0.3 is 41.4 Å². The molecule has 0 heterocycles. The number of amides is 4. The largest absolute Gasteiger partial charge is 0.508 e. The van der Waals surface area contributed by atoms with Crippen molar-refractivity contribution in [3.63, 3.8) is 0 Å². The number of carbonyl (C=O) groups excluding carboxylic acids is 5. The molecule has 1 aromatic rings. The molecule has 4 amide bonds. The summed E-state index contributed by atoms with van der Waals surface area (Å²) in [5, 5.41) is 37.2. The van der Waals surface area contributed by atoms with E-state index in [0.717, 1.165) is 0 Å². The smallest absolute Gasteiger partial charge is 0.303 e. The maximum atomic E-state index is 13.2. The molecule has 0 radical (unpaired) electrons. The molecule has 0 unspecified atom stereocenters. The minimum atomic E-state index is -1.40. The molecule has 4 atom stereocenters. The number of carboxylic acid groups (broad SMARTS) is 2. The highest BCUT2D eigenvalue weighted by Crippen LogP contribution is 2.12. The second-order valence-corrected chi connectivity index (χ2v) is 9.53. The van der Waals surface area contributed by atoms with E-state index in [1.165, 1.54) is 19.1 Å². The van der Waals surface area contributed by atoms with Gasteiger partial charge in [0.15, 0.2) is 0 Å². The molecule has 0 aliphatic heterocycles. The van der Waals surface area contributed by atoms with Crippen LogP contribution in [0.2, 0.25) is 0 Å². The number of phenolic OH excluding ortho intramolecular Hbond substituents is 1. The van der Waals surface area contributed by atoms with E-state index in [1.54, 1.807) is 26.0 Å². The highest BCUT2D eigenvalue weighted by molar-refractivity contribution is 5.95. The van der Waals surface area contributed by atoms with Crippen molar-refractivity contribution in [2.45, 2.75) is 77.0 Å². The lowest BCUT2D eigenvalue weighted by atomic mass is 10.0. The van der Waals surface area contributed by atoms with Crippen LogP contribution in [0.25, 0.3) is 0 Å². The molecule has 0 aliphatic rings. The number of nitrogens with one attached hydrogen (secondary N) is 4. The van der Waals surface area contributed by atoms with Gasteiger partial charge in [-0.15, -0.1) is 0 Å². The third-order valence-electron chi connectivity index (χ3n) is 5.76. The normalized spacial score (nSPS) is 13.7. The maximum absolute atomic E-state index is 13.2. The van der Waals surface area contributed by atoms with Gasteiger partial charge in [-0.05, 0) is 36.5 Å². The second kappa shape index (κ2) is 16.5. The van der Waals surface area contributed by atoms with E-state index in [0.29, 0.717) is 11.8 Å². The molecule has 0 spiro atoms. The number of aliphatic carboxylic acids is 2. The molecular formula is C26H36N4O10. The van der Waals surface area contributed by atoms with Crippen LogP contribution in [0.15, 0.2) is 24.3 Å². The minimum Gasteiger partial charge on any atom is -0.508 e. The van der Waals surface area contributed by atoms with Crippen LogP contribution >= 0.6 is 0 Å². The summed E-state index contributed by atoms with van der Waals surface area (Å²) < 4.78 is 0. The van der Waals surface area contributed by atoms with Crippen molar-refractivity contribution in [3.8, 4) is 5.75 Å². The second-order valence-electron chi connectivity index (χ2n) is 9.53. The van der Waals surface area contributed by atoms with Gasteiger partial charge in [-0.3, -0.25) is 28.8 Å². The first kappa shape index (κ1) is 33.5. The fourth-order valence-electron chi connectivity index (χ4n) is 3.65. The van der Waals surface area contributed by atoms with E-state index in [2.05, 4.69) is 21.3 Å². The first-order valence-electron chi connectivity index (χ1n) is 12.6. The molecule has 0 aliphatic carbocycles. The van der Waals surface area contributed by atoms with Crippen molar-refractivity contribution in [1.29, 1.82) is 0 Å². The average Bonchev–Trinajstić information content (AvgIpc) is 2.87. The standard InChI is InChI=1S/C26H36N4O10/c1-14(2)23(26(40)28-17(13-31)6-10-21(34)35)30-24(38)19(9-11-22(36)37)29-25(39)20(27-15(3)32)12-16-4-7-18(33)8-5-16/h4-5,7-8,13-14,17,19-20,23,33H,6,9-12H2,1-3H3,(H,27,32)(H,28,40)(H,29,39)(H,30,38)(H,34,35)(H,36,37)/t17-,19-,20-,23-/m0/s1. The summed E-state index contributed by atoms with van der Waals surface area (Å²) in [6.45, 7) is 4.40. The molecule has 220 valence electrons. The monoisotopic (exact) mass is 564 g/mol. The van der Waals surface area contributed by atoms with Crippen molar-refractivity contribution < 1.29 is 48.9 Å². The Kier molecular flexibility index (Phi) is 13.8. The number of hydrogen-bond donors (Lipinski definition) is 7. The fourth-order valence-corrected chi connectivity index (χ4v) is 3.65. The van der Waals surface area contributed by atoms with Crippen LogP contribution in [0.4, 0.5) is 0 Å². The van der Waals surface area contributed by atoms with Gasteiger partial charge in [0.05, 0.1) is 6.04 Å². The van der Waals surface area contributed by atoms with Gasteiger partial charge in [-0.2, -0.15) is 0 Å². The highest BCUT2D eigenvalue weighted by Gasteiger charge is 2.32. The molecule has 1 rings (SSSR count). The summed E-state index contributed by atoms with van der Waals surface area (Å²) in [6.07, 6.45) is -0.980. The predicted molar refractivity (Wildman–Crippen MR) is 140 cm³/mol. The van der Waals surface area contributed by atoms with E-state index >= 15 is 0 Å². The lowest BCUT2D eigenvalue weighted by Gasteiger charge is -2.27. The van der Waals surface area contributed by atoms with Gasteiger partial charge in [-0.1, -0.05) is 26.0 Å². The highest BCUT2D eigenvalue weighted by atomic mass is 16.4. The quantitative estimate of drug-likeness (QED) is 0.120. The van der Waals surface area contributed by atoms with Gasteiger partial charge in [0.25, 0.3) is 0 Å². The van der Waals surface area contributed by atoms with Crippen molar-refractivity contribution >= 4 is 41.9 Å². The predicted octanol–water partition coefficient (Wildman–Crippen LogP) is -0.522. The maximum Gasteiger partial charge on any atom is 0.303 e. The number of aldehydes is 1. The van der Waals surface area contributed by atoms with Crippen molar-refractivity contribution in [2.75, 3.05) is 0 Å². The topological polar surface area (TPSA) is 228 Å². The third kappa shape index (κ3) is 12.4. The summed E-state index contributed by atoms with van der Waals surface area (Å²) in [6, 6.07) is 1.03. The molecule has 1 aromatic carbocycles. The Bertz CT molecular complexity index is 1070. The van der Waals surface area contributed by atoms with E-state index in [4.69, 9.17) is 10.2 Å². The Morgan fingerprint density at radius 1 is 0.775 bits per heavy atom. The summed E-state index contributed by atoms with van der Waals surface area (Å²) in [4.78, 5) is 84.1. The third-order valence-corrected chi connectivity index (χ3v) is 5.76. The Balaban J connectivity index is 3.08. The molecule has 0 aromatic heterocycles. The Morgan fingerprint density at radius 3 is 1.82 bits per heavy atom. The van der Waals surface area contributed by atoms with Crippen molar-refractivity contribution in [1.82, 2.24) is 21.3 Å². The Morgan fingerprint density at radius 2 is 1.32 bits per heavy atom. The Hall–Kier alpha value is -4.49. The zero-order chi connectivity index (χ0) is 30.4. The molecule has 0 saturated carbocycles. The van der Waals surface area contributed by atoms with Crippen LogP contribution in [-0.4, -0.2) is 81.3 Å². The van der Waals surface area contributed by atoms with Gasteiger partial charge in [0, 0.05) is 26.2 Å². The number of rotatable bonds is 17. The first-order chi connectivity index (χ1) is 18.7. The molecule has 0 saturated heterocycles. The Labute approximate surface area is 230 Å². The number of aromatic hydroxyl groups is 1. The molecule has 14 heteroatoms. The zero-order valence-corrected chi connectivity index (χ0v) is 22.5. The van der Waals surface area contributed by atoms with Gasteiger partial charge in [-0.25, -0.2) is 0 Å². The van der Waals surface area contributed by atoms with Gasteiger partial charge in [0.1, 0.15) is 30.2 Å². The summed E-state index contributed by atoms with van der Waals surface area (Å²) >= 11 is 0. The van der Waals surface area contributed by atoms with Crippen molar-refractivity contribution in [3.05, 3.63) is 29.8 Å². The molecule has 0 fully saturated rings. The molecule has 40 heavy (non-hydrogen) atoms. The van der Waals surface area contributed by atoms with Gasteiger partial charge in [0.2, 0.25) is 23.6 Å². The fraction of sp³-hybridized carbons (Fsp3) is 0.500. The minimum absolute atomic E-state index is 0.000207. The van der Waals surface area contributed by atoms with Crippen LogP contribution in [0.3, 0.4) is 0 Å². The van der Waals surface area contributed by atoms with Gasteiger partial charge >= 0.3 is 11.9 Å². The van der Waals surface area contributed by atoms with E-state index < -0.39 is 72.1 Å².